The Morgan fingerprint density at radius 1 is 1.05 bits per heavy atom. The zero-order valence-corrected chi connectivity index (χ0v) is 13.1. The van der Waals surface area contributed by atoms with Gasteiger partial charge in [-0.3, -0.25) is 9.28 Å². The van der Waals surface area contributed by atoms with Gasteiger partial charge >= 0.3 is 0 Å². The summed E-state index contributed by atoms with van der Waals surface area (Å²) in [6, 6.07) is 7.73. The van der Waals surface area contributed by atoms with Crippen molar-refractivity contribution in [2.24, 2.45) is 0 Å². The van der Waals surface area contributed by atoms with Crippen LogP contribution in [0, 0.1) is 6.92 Å². The molecule has 106 valence electrons. The Balaban J connectivity index is 0.00000324. The summed E-state index contributed by atoms with van der Waals surface area (Å²) in [6.07, 6.45) is 3.77. The first kappa shape index (κ1) is 17.9. The van der Waals surface area contributed by atoms with Gasteiger partial charge in [0, 0.05) is 11.6 Å². The van der Waals surface area contributed by atoms with Gasteiger partial charge in [-0.05, 0) is 27.7 Å². The Hall–Kier alpha value is -1.12. The fourth-order valence-electron chi connectivity index (χ4n) is 2.03. The molecule has 0 N–H and O–H groups in total. The molecule has 0 aliphatic carbocycles. The summed E-state index contributed by atoms with van der Waals surface area (Å²) in [5.41, 5.74) is 1.94. The Bertz CT molecular complexity index is 411. The normalized spacial score (nSPS) is 11.4. The number of carbonyl (C=O) groups is 1. The third-order valence-electron chi connectivity index (χ3n) is 3.77. The molecule has 0 aromatic heterocycles. The Morgan fingerprint density at radius 2 is 1.53 bits per heavy atom. The maximum atomic E-state index is 12.1. The standard InChI is InChI=1S/C16H24NO.ClH/c1-5-17(6-2,7-3)13-12-16(18)15-10-8-14(4)9-11-15;/h8-13H,5-7H2,1-4H3;1H/q+1;/p-1/b13-12+;. The van der Waals surface area contributed by atoms with E-state index in [1.165, 1.54) is 5.56 Å². The second kappa shape index (κ2) is 8.13. The van der Waals surface area contributed by atoms with E-state index >= 15 is 0 Å². The van der Waals surface area contributed by atoms with E-state index in [4.69, 9.17) is 0 Å². The van der Waals surface area contributed by atoms with E-state index in [0.29, 0.717) is 0 Å². The minimum Gasteiger partial charge on any atom is -1.00 e. The van der Waals surface area contributed by atoms with Gasteiger partial charge in [-0.25, -0.2) is 0 Å². The van der Waals surface area contributed by atoms with Crippen molar-refractivity contribution in [2.45, 2.75) is 27.7 Å². The van der Waals surface area contributed by atoms with Crippen LogP contribution in [-0.4, -0.2) is 29.9 Å². The highest BCUT2D eigenvalue weighted by Crippen LogP contribution is 2.09. The SMILES string of the molecule is CC[N+](/C=C/C(=O)c1ccc(C)cc1)(CC)CC.[Cl-]. The maximum absolute atomic E-state index is 12.1. The number of nitrogens with zero attached hydrogens (tertiary/aromatic N) is 1. The van der Waals surface area contributed by atoms with Crippen LogP contribution in [0.2, 0.25) is 0 Å². The highest BCUT2D eigenvalue weighted by atomic mass is 35.5. The molecule has 19 heavy (non-hydrogen) atoms. The Kier molecular flexibility index (Phi) is 7.65. The van der Waals surface area contributed by atoms with Crippen LogP contribution in [0.25, 0.3) is 0 Å². The van der Waals surface area contributed by atoms with E-state index in [1.807, 2.05) is 37.4 Å². The number of quaternary nitrogens is 1. The fourth-order valence-corrected chi connectivity index (χ4v) is 2.03. The molecule has 0 fully saturated rings. The van der Waals surface area contributed by atoms with Crippen LogP contribution in [-0.2, 0) is 0 Å². The van der Waals surface area contributed by atoms with Crippen LogP contribution in [0.4, 0.5) is 0 Å². The van der Waals surface area contributed by atoms with Crippen molar-refractivity contribution >= 4 is 5.78 Å². The zero-order valence-electron chi connectivity index (χ0n) is 12.3. The highest BCUT2D eigenvalue weighted by molar-refractivity contribution is 6.04. The maximum Gasteiger partial charge on any atom is 0.191 e. The molecular weight excluding hydrogens is 258 g/mol. The van der Waals surface area contributed by atoms with E-state index in [9.17, 15) is 4.79 Å². The molecular formula is C16H24ClNO. The van der Waals surface area contributed by atoms with Crippen molar-refractivity contribution in [1.82, 2.24) is 0 Å². The summed E-state index contributed by atoms with van der Waals surface area (Å²) in [5.74, 6) is 0.0906. The third-order valence-corrected chi connectivity index (χ3v) is 3.77. The number of aryl methyl sites for hydroxylation is 1. The summed E-state index contributed by atoms with van der Waals surface area (Å²) < 4.78 is 0.859. The molecule has 0 aliphatic rings. The average Bonchev–Trinajstić information content (AvgIpc) is 2.41. The van der Waals surface area contributed by atoms with Crippen LogP contribution in [0.5, 0.6) is 0 Å². The lowest BCUT2D eigenvalue weighted by atomic mass is 10.1. The van der Waals surface area contributed by atoms with Gasteiger partial charge < -0.3 is 12.4 Å². The number of benzene rings is 1. The van der Waals surface area contributed by atoms with Gasteiger partial charge in [0.15, 0.2) is 5.78 Å². The monoisotopic (exact) mass is 281 g/mol. The average molecular weight is 282 g/mol. The minimum atomic E-state index is 0. The topological polar surface area (TPSA) is 17.1 Å². The summed E-state index contributed by atoms with van der Waals surface area (Å²) in [4.78, 5) is 12.1. The molecule has 0 saturated carbocycles. The summed E-state index contributed by atoms with van der Waals surface area (Å²) in [6.45, 7) is 11.6. The lowest BCUT2D eigenvalue weighted by Gasteiger charge is -2.31. The van der Waals surface area contributed by atoms with Crippen molar-refractivity contribution < 1.29 is 21.7 Å². The molecule has 1 aromatic carbocycles. The van der Waals surface area contributed by atoms with Gasteiger partial charge in [0.2, 0.25) is 0 Å². The van der Waals surface area contributed by atoms with E-state index in [1.54, 1.807) is 6.08 Å². The molecule has 0 radical (unpaired) electrons. The van der Waals surface area contributed by atoms with Gasteiger partial charge in [0.25, 0.3) is 0 Å². The number of rotatable bonds is 6. The predicted molar refractivity (Wildman–Crippen MR) is 76.5 cm³/mol. The van der Waals surface area contributed by atoms with Crippen molar-refractivity contribution in [1.29, 1.82) is 0 Å². The summed E-state index contributed by atoms with van der Waals surface area (Å²) in [5, 5.41) is 0. The largest absolute Gasteiger partial charge is 1.00 e. The van der Waals surface area contributed by atoms with Gasteiger partial charge in [0.1, 0.15) is 0 Å². The van der Waals surface area contributed by atoms with Crippen LogP contribution in [0.15, 0.2) is 36.5 Å². The summed E-state index contributed by atoms with van der Waals surface area (Å²) >= 11 is 0. The van der Waals surface area contributed by atoms with Crippen molar-refractivity contribution in [2.75, 3.05) is 19.6 Å². The van der Waals surface area contributed by atoms with Gasteiger partial charge in [-0.1, -0.05) is 29.8 Å². The molecule has 0 saturated heterocycles. The zero-order chi connectivity index (χ0) is 13.6. The molecule has 0 heterocycles. The highest BCUT2D eigenvalue weighted by Gasteiger charge is 2.17. The van der Waals surface area contributed by atoms with Gasteiger partial charge in [0.05, 0.1) is 25.8 Å². The quantitative estimate of drug-likeness (QED) is 0.423. The second-order valence-corrected chi connectivity index (χ2v) is 4.71. The minimum absolute atomic E-state index is 0. The van der Waals surface area contributed by atoms with Crippen molar-refractivity contribution in [3.8, 4) is 0 Å². The fraction of sp³-hybridized carbons (Fsp3) is 0.438. The number of hydrogen-bond donors (Lipinski definition) is 0. The van der Waals surface area contributed by atoms with Crippen molar-refractivity contribution in [3.63, 3.8) is 0 Å². The van der Waals surface area contributed by atoms with Crippen LogP contribution in [0.3, 0.4) is 0 Å². The molecule has 0 bridgehead atoms. The Labute approximate surface area is 123 Å². The molecule has 1 aromatic rings. The molecule has 2 nitrogen and oxygen atoms in total. The van der Waals surface area contributed by atoms with E-state index < -0.39 is 0 Å². The number of halogens is 1. The smallest absolute Gasteiger partial charge is 0.191 e. The van der Waals surface area contributed by atoms with Crippen LogP contribution in [0.1, 0.15) is 36.7 Å². The molecule has 3 heteroatoms. The van der Waals surface area contributed by atoms with Crippen LogP contribution < -0.4 is 12.4 Å². The van der Waals surface area contributed by atoms with E-state index in [-0.39, 0.29) is 18.2 Å². The van der Waals surface area contributed by atoms with Gasteiger partial charge in [-0.2, -0.15) is 0 Å². The lowest BCUT2D eigenvalue weighted by molar-refractivity contribution is -0.874. The van der Waals surface area contributed by atoms with Gasteiger partial charge in [-0.15, -0.1) is 0 Å². The van der Waals surface area contributed by atoms with Crippen molar-refractivity contribution in [3.05, 3.63) is 47.7 Å². The number of allylic oxidation sites excluding steroid dienone is 1. The number of carbonyl (C=O) groups excluding carboxylic acids is 1. The molecule has 0 atom stereocenters. The first-order chi connectivity index (χ1) is 8.56. The van der Waals surface area contributed by atoms with E-state index in [0.717, 1.165) is 29.7 Å². The van der Waals surface area contributed by atoms with E-state index in [2.05, 4.69) is 20.8 Å². The second-order valence-electron chi connectivity index (χ2n) is 4.71. The summed E-state index contributed by atoms with van der Waals surface area (Å²) in [7, 11) is 0. The van der Waals surface area contributed by atoms with Crippen LogP contribution >= 0.6 is 0 Å². The molecule has 0 unspecified atom stereocenters. The molecule has 0 aliphatic heterocycles. The predicted octanol–water partition coefficient (Wildman–Crippen LogP) is 0.572. The first-order valence-electron chi connectivity index (χ1n) is 6.73. The molecule has 1 rings (SSSR count). The third kappa shape index (κ3) is 4.81. The molecule has 0 spiro atoms. The first-order valence-corrected chi connectivity index (χ1v) is 6.73. The molecule has 0 amide bonds. The number of hydrogen-bond acceptors (Lipinski definition) is 1. The number of ketones is 1. The lowest BCUT2D eigenvalue weighted by Crippen LogP contribution is -3.00. The Morgan fingerprint density at radius 3 is 1.95 bits per heavy atom.